The molecule has 3 heterocycles. The average Bonchev–Trinajstić information content (AvgIpc) is 3.31. The fourth-order valence-corrected chi connectivity index (χ4v) is 5.46. The molecular weight excluding hydrogens is 406 g/mol. The highest BCUT2D eigenvalue weighted by Gasteiger charge is 2.80. The van der Waals surface area contributed by atoms with Crippen LogP contribution in [0.1, 0.15) is 37.4 Å². The van der Waals surface area contributed by atoms with Crippen LogP contribution in [0.3, 0.4) is 0 Å². The average molecular weight is 421 g/mol. The van der Waals surface area contributed by atoms with Gasteiger partial charge in [-0.2, -0.15) is 15.8 Å². The van der Waals surface area contributed by atoms with Crippen molar-refractivity contribution in [2.45, 2.75) is 37.6 Å². The lowest BCUT2D eigenvalue weighted by Gasteiger charge is -2.51. The van der Waals surface area contributed by atoms with E-state index in [4.69, 9.17) is 24.4 Å². The largest absolute Gasteiger partial charge is 0.454 e. The van der Waals surface area contributed by atoms with Gasteiger partial charge in [0.1, 0.15) is 6.10 Å². The SMILES string of the molecule is N#CC1(C#N)C(c2cc3c(cc2[N+](=O)[O-])OCO3)OC23CCCCC2C1(C#N)C(=N)O3. The van der Waals surface area contributed by atoms with E-state index < -0.39 is 45.1 Å². The Hall–Kier alpha value is -3.88. The van der Waals surface area contributed by atoms with Gasteiger partial charge in [0.2, 0.25) is 23.9 Å². The summed E-state index contributed by atoms with van der Waals surface area (Å²) in [5.41, 5.74) is -4.71. The van der Waals surface area contributed by atoms with Crippen LogP contribution in [0.25, 0.3) is 0 Å². The molecule has 0 spiro atoms. The van der Waals surface area contributed by atoms with Crippen LogP contribution in [0.5, 0.6) is 11.5 Å². The van der Waals surface area contributed by atoms with E-state index in [1.807, 2.05) is 18.2 Å². The fourth-order valence-electron chi connectivity index (χ4n) is 5.46. The van der Waals surface area contributed by atoms with Gasteiger partial charge in [-0.05, 0) is 18.9 Å². The Morgan fingerprint density at radius 1 is 1.13 bits per heavy atom. The number of hydrogen-bond donors (Lipinski definition) is 1. The number of fused-ring (bicyclic) bond motifs is 1. The van der Waals surface area contributed by atoms with Gasteiger partial charge in [-0.3, -0.25) is 15.5 Å². The number of ether oxygens (including phenoxy) is 4. The number of nitriles is 3. The van der Waals surface area contributed by atoms with E-state index in [0.717, 1.165) is 12.5 Å². The Balaban J connectivity index is 1.81. The Kier molecular flexibility index (Phi) is 3.74. The van der Waals surface area contributed by atoms with Crippen LogP contribution < -0.4 is 9.47 Å². The van der Waals surface area contributed by atoms with E-state index in [2.05, 4.69) is 0 Å². The molecule has 1 N–H and O–H groups in total. The Labute approximate surface area is 175 Å². The quantitative estimate of drug-likeness (QED) is 0.555. The van der Waals surface area contributed by atoms with Gasteiger partial charge >= 0.3 is 0 Å². The highest BCUT2D eigenvalue weighted by atomic mass is 16.7. The first-order valence-electron chi connectivity index (χ1n) is 9.66. The van der Waals surface area contributed by atoms with Gasteiger partial charge in [-0.15, -0.1) is 0 Å². The predicted octanol–water partition coefficient (Wildman–Crippen LogP) is 2.83. The van der Waals surface area contributed by atoms with Crippen molar-refractivity contribution in [3.63, 3.8) is 0 Å². The normalized spacial score (nSPS) is 33.9. The third kappa shape index (κ3) is 2.05. The first-order valence-corrected chi connectivity index (χ1v) is 9.66. The van der Waals surface area contributed by atoms with Gasteiger partial charge in [-0.1, -0.05) is 6.42 Å². The number of rotatable bonds is 2. The van der Waals surface area contributed by atoms with Crippen molar-refractivity contribution >= 4 is 11.6 Å². The van der Waals surface area contributed by atoms with Crippen LogP contribution in [-0.2, 0) is 9.47 Å². The topological polar surface area (TPSA) is 175 Å². The summed E-state index contributed by atoms with van der Waals surface area (Å²) in [6.45, 7) is -0.134. The highest BCUT2D eigenvalue weighted by Crippen LogP contribution is 2.70. The van der Waals surface area contributed by atoms with E-state index in [-0.39, 0.29) is 23.9 Å². The molecule has 0 amide bonds. The van der Waals surface area contributed by atoms with Crippen LogP contribution in [0.4, 0.5) is 5.69 Å². The van der Waals surface area contributed by atoms with E-state index in [0.29, 0.717) is 19.3 Å². The fraction of sp³-hybridized carbons (Fsp3) is 0.500. The maximum absolute atomic E-state index is 11.9. The minimum Gasteiger partial charge on any atom is -0.454 e. The molecule has 4 atom stereocenters. The standard InChI is InChI=1S/C20H15N5O6/c21-7-18(8-22)16(11-5-13-14(29-10-28-13)6-12(11)25(26)27)30-20-4-2-1-3-15(20)19(18,9-23)17(24)31-20/h5-6,15-16,24H,1-4,10H2. The molecule has 4 aliphatic rings. The van der Waals surface area contributed by atoms with E-state index >= 15 is 0 Å². The molecule has 156 valence electrons. The van der Waals surface area contributed by atoms with E-state index in [1.165, 1.54) is 6.07 Å². The van der Waals surface area contributed by atoms with Crippen molar-refractivity contribution in [2.75, 3.05) is 6.79 Å². The molecule has 0 aromatic heterocycles. The maximum atomic E-state index is 11.9. The van der Waals surface area contributed by atoms with Gasteiger partial charge in [-0.25, -0.2) is 0 Å². The van der Waals surface area contributed by atoms with Gasteiger partial charge in [0.25, 0.3) is 5.69 Å². The van der Waals surface area contributed by atoms with Gasteiger partial charge in [0.05, 0.1) is 40.7 Å². The number of nitro benzene ring substituents is 1. The second-order valence-electron chi connectivity index (χ2n) is 8.01. The molecule has 3 aliphatic heterocycles. The second-order valence-corrected chi connectivity index (χ2v) is 8.01. The summed E-state index contributed by atoms with van der Waals surface area (Å²) in [7, 11) is 0. The van der Waals surface area contributed by atoms with Crippen molar-refractivity contribution < 1.29 is 23.9 Å². The Morgan fingerprint density at radius 2 is 1.84 bits per heavy atom. The van der Waals surface area contributed by atoms with Crippen LogP contribution in [0.2, 0.25) is 0 Å². The van der Waals surface area contributed by atoms with Gasteiger partial charge in [0, 0.05) is 6.42 Å². The summed E-state index contributed by atoms with van der Waals surface area (Å²) in [4.78, 5) is 11.2. The monoisotopic (exact) mass is 421 g/mol. The molecule has 11 heteroatoms. The molecule has 2 saturated heterocycles. The minimum absolute atomic E-state index is 0.0985. The van der Waals surface area contributed by atoms with Crippen molar-refractivity contribution in [3.05, 3.63) is 27.8 Å². The molecule has 1 aromatic carbocycles. The molecule has 1 aliphatic carbocycles. The predicted molar refractivity (Wildman–Crippen MR) is 98.3 cm³/mol. The van der Waals surface area contributed by atoms with Crippen LogP contribution in [-0.4, -0.2) is 23.4 Å². The minimum atomic E-state index is -2.25. The first kappa shape index (κ1) is 19.1. The van der Waals surface area contributed by atoms with Crippen molar-refractivity contribution in [1.82, 2.24) is 0 Å². The molecule has 2 bridgehead atoms. The Morgan fingerprint density at radius 3 is 2.48 bits per heavy atom. The number of hydrogen-bond acceptors (Lipinski definition) is 10. The molecule has 31 heavy (non-hydrogen) atoms. The van der Waals surface area contributed by atoms with Gasteiger partial charge in [0.15, 0.2) is 16.9 Å². The summed E-state index contributed by atoms with van der Waals surface area (Å²) < 4.78 is 22.6. The number of nitrogens with zero attached hydrogens (tertiary/aromatic N) is 4. The van der Waals surface area contributed by atoms with Gasteiger partial charge < -0.3 is 18.9 Å². The van der Waals surface area contributed by atoms with Crippen LogP contribution >= 0.6 is 0 Å². The molecular formula is C20H15N5O6. The summed E-state index contributed by atoms with van der Waals surface area (Å²) >= 11 is 0. The third-order valence-corrected chi connectivity index (χ3v) is 6.82. The summed E-state index contributed by atoms with van der Waals surface area (Å²) in [5.74, 6) is -2.27. The molecule has 11 nitrogen and oxygen atoms in total. The van der Waals surface area contributed by atoms with E-state index in [1.54, 1.807) is 0 Å². The smallest absolute Gasteiger partial charge is 0.279 e. The molecule has 1 saturated carbocycles. The summed E-state index contributed by atoms with van der Waals surface area (Å²) in [6.07, 6.45) is 0.655. The lowest BCUT2D eigenvalue weighted by Crippen LogP contribution is -2.60. The zero-order chi connectivity index (χ0) is 22.0. The molecule has 0 radical (unpaired) electrons. The van der Waals surface area contributed by atoms with Crippen LogP contribution in [0.15, 0.2) is 12.1 Å². The van der Waals surface area contributed by atoms with E-state index in [9.17, 15) is 25.9 Å². The van der Waals surface area contributed by atoms with Crippen molar-refractivity contribution in [2.24, 2.45) is 16.7 Å². The van der Waals surface area contributed by atoms with Crippen LogP contribution in [0, 0.1) is 66.3 Å². The maximum Gasteiger partial charge on any atom is 0.279 e. The van der Waals surface area contributed by atoms with Crippen molar-refractivity contribution in [1.29, 1.82) is 21.2 Å². The zero-order valence-corrected chi connectivity index (χ0v) is 16.1. The molecule has 1 aromatic rings. The third-order valence-electron chi connectivity index (χ3n) is 6.82. The zero-order valence-electron chi connectivity index (χ0n) is 16.1. The second kappa shape index (κ2) is 6.07. The lowest BCUT2D eigenvalue weighted by atomic mass is 9.51. The molecule has 4 unspecified atom stereocenters. The van der Waals surface area contributed by atoms with Crippen molar-refractivity contribution in [3.8, 4) is 29.7 Å². The lowest BCUT2D eigenvalue weighted by molar-refractivity contribution is -0.387. The number of nitro groups is 1. The first-order chi connectivity index (χ1) is 14.9. The number of benzene rings is 1. The number of nitrogens with one attached hydrogen (secondary N) is 1. The molecule has 5 rings (SSSR count). The molecule has 3 fully saturated rings. The summed E-state index contributed by atoms with van der Waals surface area (Å²) in [5, 5.41) is 51.1. The summed E-state index contributed by atoms with van der Waals surface area (Å²) in [6, 6.07) is 8.31. The highest BCUT2D eigenvalue weighted by molar-refractivity contribution is 5.89. The Bertz CT molecular complexity index is 1150.